The normalized spacial score (nSPS) is 12.7. The number of benzene rings is 1. The smallest absolute Gasteiger partial charge is 0.126 e. The van der Waals surface area contributed by atoms with Gasteiger partial charge in [0.15, 0.2) is 0 Å². The quantitative estimate of drug-likeness (QED) is 0.750. The molecular formula is C12H18FNS. The second kappa shape index (κ2) is 6.85. The molecule has 0 bridgehead atoms. The average Bonchev–Trinajstić information content (AvgIpc) is 2.22. The Morgan fingerprint density at radius 3 is 2.80 bits per heavy atom. The van der Waals surface area contributed by atoms with Crippen molar-refractivity contribution >= 4 is 11.8 Å². The van der Waals surface area contributed by atoms with Crippen molar-refractivity contribution in [1.82, 2.24) is 5.32 Å². The Morgan fingerprint density at radius 1 is 1.40 bits per heavy atom. The van der Waals surface area contributed by atoms with Gasteiger partial charge in [-0.15, -0.1) is 0 Å². The molecule has 84 valence electrons. The molecule has 1 N–H and O–H groups in total. The van der Waals surface area contributed by atoms with E-state index in [1.165, 1.54) is 6.07 Å². The van der Waals surface area contributed by atoms with Gasteiger partial charge in [-0.25, -0.2) is 4.39 Å². The molecule has 1 aromatic carbocycles. The summed E-state index contributed by atoms with van der Waals surface area (Å²) in [6, 6.07) is 7.30. The molecule has 15 heavy (non-hydrogen) atoms. The van der Waals surface area contributed by atoms with Crippen LogP contribution in [0.1, 0.15) is 12.5 Å². The minimum atomic E-state index is -0.101. The molecule has 0 heterocycles. The molecule has 0 spiro atoms. The van der Waals surface area contributed by atoms with Gasteiger partial charge in [0.2, 0.25) is 0 Å². The highest BCUT2D eigenvalue weighted by atomic mass is 32.2. The monoisotopic (exact) mass is 227 g/mol. The van der Waals surface area contributed by atoms with Gasteiger partial charge in [-0.05, 0) is 31.2 Å². The topological polar surface area (TPSA) is 12.0 Å². The van der Waals surface area contributed by atoms with E-state index in [0.29, 0.717) is 6.04 Å². The van der Waals surface area contributed by atoms with E-state index >= 15 is 0 Å². The summed E-state index contributed by atoms with van der Waals surface area (Å²) in [6.45, 7) is 3.07. The van der Waals surface area contributed by atoms with E-state index in [1.807, 2.05) is 23.9 Å². The van der Waals surface area contributed by atoms with Gasteiger partial charge in [-0.3, -0.25) is 0 Å². The summed E-state index contributed by atoms with van der Waals surface area (Å²) < 4.78 is 13.3. The second-order valence-electron chi connectivity index (χ2n) is 3.64. The number of nitrogens with one attached hydrogen (secondary N) is 1. The van der Waals surface area contributed by atoms with Crippen LogP contribution in [0.2, 0.25) is 0 Å². The van der Waals surface area contributed by atoms with Crippen molar-refractivity contribution in [1.29, 1.82) is 0 Å². The number of halogens is 1. The predicted molar refractivity (Wildman–Crippen MR) is 66.0 cm³/mol. The Bertz CT molecular complexity index is 291. The van der Waals surface area contributed by atoms with E-state index in [9.17, 15) is 4.39 Å². The summed E-state index contributed by atoms with van der Waals surface area (Å²) in [5.41, 5.74) is 0.793. The van der Waals surface area contributed by atoms with E-state index in [1.54, 1.807) is 6.07 Å². The maximum absolute atomic E-state index is 13.3. The van der Waals surface area contributed by atoms with Gasteiger partial charge in [0.05, 0.1) is 0 Å². The number of rotatable bonds is 6. The Morgan fingerprint density at radius 2 is 2.13 bits per heavy atom. The minimum Gasteiger partial charge on any atom is -0.313 e. The third kappa shape index (κ3) is 4.67. The van der Waals surface area contributed by atoms with Crippen LogP contribution in [0.5, 0.6) is 0 Å². The van der Waals surface area contributed by atoms with E-state index < -0.39 is 0 Å². The van der Waals surface area contributed by atoms with E-state index in [4.69, 9.17) is 0 Å². The highest BCUT2D eigenvalue weighted by Gasteiger charge is 2.05. The summed E-state index contributed by atoms with van der Waals surface area (Å²) in [5.74, 6) is 0.998. The molecule has 1 rings (SSSR count). The summed E-state index contributed by atoms with van der Waals surface area (Å²) in [4.78, 5) is 0. The van der Waals surface area contributed by atoms with Gasteiger partial charge < -0.3 is 5.32 Å². The van der Waals surface area contributed by atoms with Crippen molar-refractivity contribution in [3.05, 3.63) is 35.6 Å². The Labute approximate surface area is 95.5 Å². The van der Waals surface area contributed by atoms with Gasteiger partial charge in [0.25, 0.3) is 0 Å². The van der Waals surface area contributed by atoms with Crippen molar-refractivity contribution in [2.75, 3.05) is 18.6 Å². The molecular weight excluding hydrogens is 209 g/mol. The standard InChI is InChI=1S/C12H18FNS/c1-10(14-7-8-15-2)9-11-5-3-4-6-12(11)13/h3-6,10,14H,7-9H2,1-2H3. The fourth-order valence-corrected chi connectivity index (χ4v) is 1.80. The van der Waals surface area contributed by atoms with Crippen LogP contribution in [0.3, 0.4) is 0 Å². The zero-order chi connectivity index (χ0) is 11.1. The van der Waals surface area contributed by atoms with Crippen molar-refractivity contribution in [2.45, 2.75) is 19.4 Å². The Kier molecular flexibility index (Phi) is 5.73. The maximum Gasteiger partial charge on any atom is 0.126 e. The molecule has 1 nitrogen and oxygen atoms in total. The molecule has 1 atom stereocenters. The second-order valence-corrected chi connectivity index (χ2v) is 4.63. The van der Waals surface area contributed by atoms with Crippen LogP contribution in [0.4, 0.5) is 4.39 Å². The fourth-order valence-electron chi connectivity index (χ4n) is 1.47. The van der Waals surface area contributed by atoms with Crippen molar-refractivity contribution in [3.63, 3.8) is 0 Å². The summed E-state index contributed by atoms with van der Waals surface area (Å²) in [5, 5.41) is 3.37. The zero-order valence-electron chi connectivity index (χ0n) is 9.29. The van der Waals surface area contributed by atoms with E-state index in [0.717, 1.165) is 24.3 Å². The molecule has 1 aromatic rings. The first kappa shape index (κ1) is 12.5. The maximum atomic E-state index is 13.3. The van der Waals surface area contributed by atoms with Gasteiger partial charge in [0, 0.05) is 18.3 Å². The molecule has 0 fully saturated rings. The van der Waals surface area contributed by atoms with Crippen LogP contribution in [-0.4, -0.2) is 24.6 Å². The molecule has 0 saturated carbocycles. The Balaban J connectivity index is 2.37. The lowest BCUT2D eigenvalue weighted by molar-refractivity contribution is 0.542. The van der Waals surface area contributed by atoms with Crippen LogP contribution in [0.15, 0.2) is 24.3 Å². The molecule has 0 aliphatic carbocycles. The lowest BCUT2D eigenvalue weighted by Gasteiger charge is -2.13. The SMILES string of the molecule is CSCCNC(C)Cc1ccccc1F. The van der Waals surface area contributed by atoms with Crippen LogP contribution in [-0.2, 0) is 6.42 Å². The summed E-state index contributed by atoms with van der Waals surface area (Å²) in [6.07, 6.45) is 2.84. The van der Waals surface area contributed by atoms with E-state index in [-0.39, 0.29) is 5.82 Å². The van der Waals surface area contributed by atoms with Crippen LogP contribution >= 0.6 is 11.8 Å². The van der Waals surface area contributed by atoms with E-state index in [2.05, 4.69) is 18.5 Å². The molecule has 0 radical (unpaired) electrons. The average molecular weight is 227 g/mol. The fraction of sp³-hybridized carbons (Fsp3) is 0.500. The van der Waals surface area contributed by atoms with Gasteiger partial charge in [0.1, 0.15) is 5.82 Å². The van der Waals surface area contributed by atoms with Crippen LogP contribution in [0, 0.1) is 5.82 Å². The highest BCUT2D eigenvalue weighted by Crippen LogP contribution is 2.08. The van der Waals surface area contributed by atoms with Gasteiger partial charge in [-0.2, -0.15) is 11.8 Å². The lowest BCUT2D eigenvalue weighted by atomic mass is 10.1. The molecule has 0 aromatic heterocycles. The van der Waals surface area contributed by atoms with Crippen molar-refractivity contribution < 1.29 is 4.39 Å². The first-order valence-corrected chi connectivity index (χ1v) is 6.59. The molecule has 0 aliphatic heterocycles. The first-order valence-electron chi connectivity index (χ1n) is 5.19. The van der Waals surface area contributed by atoms with Crippen molar-refractivity contribution in [2.24, 2.45) is 0 Å². The lowest BCUT2D eigenvalue weighted by Crippen LogP contribution is -2.30. The summed E-state index contributed by atoms with van der Waals surface area (Å²) in [7, 11) is 0. The van der Waals surface area contributed by atoms with Crippen LogP contribution in [0.25, 0.3) is 0 Å². The van der Waals surface area contributed by atoms with Gasteiger partial charge in [-0.1, -0.05) is 18.2 Å². The highest BCUT2D eigenvalue weighted by molar-refractivity contribution is 7.98. The third-order valence-corrected chi connectivity index (χ3v) is 2.90. The molecule has 0 aliphatic rings. The largest absolute Gasteiger partial charge is 0.313 e. The molecule has 0 amide bonds. The van der Waals surface area contributed by atoms with Crippen molar-refractivity contribution in [3.8, 4) is 0 Å². The third-order valence-electron chi connectivity index (χ3n) is 2.28. The number of hydrogen-bond donors (Lipinski definition) is 1. The molecule has 1 unspecified atom stereocenters. The summed E-state index contributed by atoms with van der Waals surface area (Å²) >= 11 is 1.82. The number of hydrogen-bond acceptors (Lipinski definition) is 2. The Hall–Kier alpha value is -0.540. The van der Waals surface area contributed by atoms with Gasteiger partial charge >= 0.3 is 0 Å². The number of thioether (sulfide) groups is 1. The van der Waals surface area contributed by atoms with Crippen LogP contribution < -0.4 is 5.32 Å². The zero-order valence-corrected chi connectivity index (χ0v) is 10.1. The first-order chi connectivity index (χ1) is 7.24. The predicted octanol–water partition coefficient (Wildman–Crippen LogP) is 2.71. The minimum absolute atomic E-state index is 0.101. The molecule has 3 heteroatoms. The molecule has 0 saturated heterocycles.